The zero-order valence-electron chi connectivity index (χ0n) is 20.0. The van der Waals surface area contributed by atoms with Crippen molar-refractivity contribution in [1.29, 1.82) is 0 Å². The number of carboxylic acids is 1. The van der Waals surface area contributed by atoms with Crippen LogP contribution in [0.2, 0.25) is 0 Å². The minimum atomic E-state index is -5.08. The number of para-hydroxylation sites is 1. The Morgan fingerprint density at radius 2 is 1.72 bits per heavy atom. The first-order valence-electron chi connectivity index (χ1n) is 11.5. The van der Waals surface area contributed by atoms with Crippen LogP contribution < -0.4 is 9.64 Å². The lowest BCUT2D eigenvalue weighted by Crippen LogP contribution is -2.51. The summed E-state index contributed by atoms with van der Waals surface area (Å²) in [6.45, 7) is 6.99. The van der Waals surface area contributed by atoms with Gasteiger partial charge in [-0.3, -0.25) is 0 Å². The zero-order valence-corrected chi connectivity index (χ0v) is 20.8. The predicted octanol–water partition coefficient (Wildman–Crippen LogP) is 3.36. The Hall–Kier alpha value is -2.93. The Labute approximate surface area is 208 Å². The van der Waals surface area contributed by atoms with Crippen molar-refractivity contribution in [2.75, 3.05) is 37.7 Å². The summed E-state index contributed by atoms with van der Waals surface area (Å²) in [5, 5.41) is 7.12. The topological polar surface area (TPSA) is 113 Å². The smallest absolute Gasteiger partial charge is 0.490 e. The van der Waals surface area contributed by atoms with Gasteiger partial charge in [-0.05, 0) is 37.0 Å². The lowest BCUT2D eigenvalue weighted by molar-refractivity contribution is -0.192. The number of anilines is 1. The number of hydrogen-bond acceptors (Lipinski definition) is 7. The number of piperidine rings is 1. The summed E-state index contributed by atoms with van der Waals surface area (Å²) >= 11 is 0. The van der Waals surface area contributed by atoms with Crippen LogP contribution in [0.4, 0.5) is 19.1 Å². The average molecular weight is 531 g/mol. The van der Waals surface area contributed by atoms with Gasteiger partial charge in [0.2, 0.25) is 16.0 Å². The molecule has 2 aromatic rings. The van der Waals surface area contributed by atoms with Crippen LogP contribution >= 0.6 is 0 Å². The van der Waals surface area contributed by atoms with Crippen LogP contribution in [0, 0.1) is 5.41 Å². The van der Waals surface area contributed by atoms with Gasteiger partial charge in [-0.25, -0.2) is 23.2 Å². The lowest BCUT2D eigenvalue weighted by Gasteiger charge is -2.44. The Morgan fingerprint density at radius 1 is 1.14 bits per heavy atom. The van der Waals surface area contributed by atoms with Gasteiger partial charge in [-0.2, -0.15) is 17.5 Å². The van der Waals surface area contributed by atoms with Gasteiger partial charge in [0.25, 0.3) is 0 Å². The Morgan fingerprint density at radius 3 is 2.25 bits per heavy atom. The highest BCUT2D eigenvalue weighted by molar-refractivity contribution is 7.89. The highest BCUT2D eigenvalue weighted by atomic mass is 32.2. The number of carboxylic acid groups (broad SMARTS) is 1. The number of fused-ring (bicyclic) bond motifs is 1. The summed E-state index contributed by atoms with van der Waals surface area (Å²) in [5.41, 5.74) is 0.911. The molecule has 0 atom stereocenters. The monoisotopic (exact) mass is 530 g/mol. The van der Waals surface area contributed by atoms with Crippen LogP contribution in [-0.4, -0.2) is 72.7 Å². The van der Waals surface area contributed by atoms with Crippen LogP contribution in [0.5, 0.6) is 5.75 Å². The van der Waals surface area contributed by atoms with Gasteiger partial charge >= 0.3 is 12.1 Å². The zero-order chi connectivity index (χ0) is 26.6. The van der Waals surface area contributed by atoms with Crippen molar-refractivity contribution in [2.24, 2.45) is 5.41 Å². The molecule has 1 aromatic carbocycles. The average Bonchev–Trinajstić information content (AvgIpc) is 2.86. The van der Waals surface area contributed by atoms with E-state index in [0.717, 1.165) is 43.9 Å². The normalized spacial score (nSPS) is 19.2. The fourth-order valence-electron chi connectivity index (χ4n) is 4.12. The maximum absolute atomic E-state index is 13.2. The van der Waals surface area contributed by atoms with Crippen LogP contribution in [-0.2, 0) is 21.2 Å². The van der Waals surface area contributed by atoms with E-state index in [1.54, 1.807) is 22.5 Å². The molecule has 198 valence electrons. The summed E-state index contributed by atoms with van der Waals surface area (Å²) in [4.78, 5) is 20.3. The van der Waals surface area contributed by atoms with E-state index in [2.05, 4.69) is 21.8 Å². The molecule has 1 N–H and O–H groups in total. The standard InChI is InChI=1S/C21H28N4O3S.C2HF3O2/c1-3-17-13-22-20(23-14-17)24-11-9-21(10-12-24)15-25(4-2)29(26,27)19-8-6-5-7-18(19)28-16-21;3-2(4,5)1(6)7/h5-8,13-14H,3-4,9-12,15-16H2,1-2H3;(H,6,7). The molecule has 1 fully saturated rings. The molecule has 0 unspecified atom stereocenters. The minimum Gasteiger partial charge on any atom is -0.492 e. The molecule has 0 radical (unpaired) electrons. The van der Waals surface area contributed by atoms with Gasteiger partial charge in [0, 0.05) is 44.0 Å². The van der Waals surface area contributed by atoms with E-state index >= 15 is 0 Å². The summed E-state index contributed by atoms with van der Waals surface area (Å²) < 4.78 is 65.8. The molecule has 1 aromatic heterocycles. The number of hydrogen-bond donors (Lipinski definition) is 1. The van der Waals surface area contributed by atoms with Crippen molar-refractivity contribution in [3.05, 3.63) is 42.2 Å². The quantitative estimate of drug-likeness (QED) is 0.643. The number of rotatable bonds is 3. The number of benzene rings is 1. The maximum atomic E-state index is 13.2. The van der Waals surface area contributed by atoms with E-state index < -0.39 is 22.2 Å². The molecule has 0 aliphatic carbocycles. The van der Waals surface area contributed by atoms with Crippen molar-refractivity contribution < 1.29 is 36.2 Å². The Balaban J connectivity index is 0.000000454. The number of aryl methyl sites for hydroxylation is 1. The minimum absolute atomic E-state index is 0.212. The molecule has 2 aliphatic heterocycles. The van der Waals surface area contributed by atoms with Crippen molar-refractivity contribution in [3.8, 4) is 5.75 Å². The van der Waals surface area contributed by atoms with Crippen molar-refractivity contribution >= 4 is 21.9 Å². The summed E-state index contributed by atoms with van der Waals surface area (Å²) in [6, 6.07) is 6.94. The third-order valence-corrected chi connectivity index (χ3v) is 8.27. The third kappa shape index (κ3) is 6.25. The summed E-state index contributed by atoms with van der Waals surface area (Å²) in [5.74, 6) is -1.56. The van der Waals surface area contributed by atoms with E-state index in [9.17, 15) is 21.6 Å². The molecule has 0 saturated carbocycles. The predicted molar refractivity (Wildman–Crippen MR) is 125 cm³/mol. The molecule has 1 saturated heterocycles. The number of ether oxygens (including phenoxy) is 1. The number of nitrogens with zero attached hydrogens (tertiary/aromatic N) is 4. The van der Waals surface area contributed by atoms with E-state index in [0.29, 0.717) is 25.4 Å². The molecule has 0 amide bonds. The Bertz CT molecular complexity index is 1150. The molecular weight excluding hydrogens is 501 g/mol. The SMILES string of the molecule is CCc1cnc(N2CCC3(CC2)COc2ccccc2S(=O)(=O)N(CC)C3)nc1.O=C(O)C(F)(F)F. The second-order valence-electron chi connectivity index (χ2n) is 8.70. The number of aromatic nitrogens is 2. The molecule has 13 heteroatoms. The number of alkyl halides is 3. The second-order valence-corrected chi connectivity index (χ2v) is 10.6. The van der Waals surface area contributed by atoms with Crippen molar-refractivity contribution in [2.45, 2.75) is 44.2 Å². The maximum Gasteiger partial charge on any atom is 0.490 e. The summed E-state index contributed by atoms with van der Waals surface area (Å²) in [7, 11) is -3.57. The highest BCUT2D eigenvalue weighted by Crippen LogP contribution is 2.39. The Kier molecular flexibility index (Phi) is 8.44. The number of aliphatic carboxylic acids is 1. The molecule has 0 bridgehead atoms. The number of carbonyl (C=O) groups is 1. The fourth-order valence-corrected chi connectivity index (χ4v) is 5.81. The van der Waals surface area contributed by atoms with Crippen LogP contribution in [0.15, 0.2) is 41.6 Å². The first-order chi connectivity index (χ1) is 16.9. The summed E-state index contributed by atoms with van der Waals surface area (Å²) in [6.07, 6.45) is 1.27. The van der Waals surface area contributed by atoms with Gasteiger partial charge in [0.1, 0.15) is 10.6 Å². The molecule has 3 heterocycles. The van der Waals surface area contributed by atoms with E-state index in [1.165, 1.54) is 0 Å². The molecular formula is C23H29F3N4O5S. The van der Waals surface area contributed by atoms with Gasteiger partial charge < -0.3 is 14.7 Å². The number of halogens is 3. The molecule has 2 aliphatic rings. The third-order valence-electron chi connectivity index (χ3n) is 6.31. The first kappa shape index (κ1) is 27.7. The fraction of sp³-hybridized carbons (Fsp3) is 0.522. The van der Waals surface area contributed by atoms with E-state index in [-0.39, 0.29) is 10.3 Å². The highest BCUT2D eigenvalue weighted by Gasteiger charge is 2.42. The van der Waals surface area contributed by atoms with Crippen LogP contribution in [0.3, 0.4) is 0 Å². The van der Waals surface area contributed by atoms with Crippen LogP contribution in [0.1, 0.15) is 32.3 Å². The van der Waals surface area contributed by atoms with E-state index in [1.807, 2.05) is 25.4 Å². The lowest BCUT2D eigenvalue weighted by atomic mass is 9.79. The molecule has 36 heavy (non-hydrogen) atoms. The molecule has 4 rings (SSSR count). The molecule has 1 spiro atoms. The number of sulfonamides is 1. The van der Waals surface area contributed by atoms with Crippen LogP contribution in [0.25, 0.3) is 0 Å². The second kappa shape index (κ2) is 11.0. The largest absolute Gasteiger partial charge is 0.492 e. The van der Waals surface area contributed by atoms with Gasteiger partial charge in [-0.15, -0.1) is 0 Å². The van der Waals surface area contributed by atoms with Gasteiger partial charge in [0.15, 0.2) is 0 Å². The first-order valence-corrected chi connectivity index (χ1v) is 12.9. The van der Waals surface area contributed by atoms with Crippen molar-refractivity contribution in [3.63, 3.8) is 0 Å². The van der Waals surface area contributed by atoms with Crippen molar-refractivity contribution in [1.82, 2.24) is 14.3 Å². The molecule has 9 nitrogen and oxygen atoms in total. The van der Waals surface area contributed by atoms with E-state index in [4.69, 9.17) is 14.6 Å². The van der Waals surface area contributed by atoms with Gasteiger partial charge in [0.05, 0.1) is 6.61 Å². The van der Waals surface area contributed by atoms with Gasteiger partial charge in [-0.1, -0.05) is 26.0 Å².